The van der Waals surface area contributed by atoms with Crippen LogP contribution in [0.25, 0.3) is 0 Å². The molecule has 1 aromatic rings. The van der Waals surface area contributed by atoms with E-state index in [2.05, 4.69) is 0 Å². The van der Waals surface area contributed by atoms with Gasteiger partial charge in [-0.2, -0.15) is 0 Å². The number of halogens is 2. The lowest BCUT2D eigenvalue weighted by Crippen LogP contribution is -2.32. The predicted molar refractivity (Wildman–Crippen MR) is 70.0 cm³/mol. The van der Waals surface area contributed by atoms with Gasteiger partial charge in [-0.3, -0.25) is 10.1 Å². The summed E-state index contributed by atoms with van der Waals surface area (Å²) in [6.45, 7) is 3.25. The Morgan fingerprint density at radius 1 is 1.37 bits per heavy atom. The topological polar surface area (TPSA) is 89.7 Å². The van der Waals surface area contributed by atoms with Gasteiger partial charge in [0.15, 0.2) is 11.9 Å². The largest absolute Gasteiger partial charge is 0.478 e. The number of nitro benzene ring substituents is 1. The lowest BCUT2D eigenvalue weighted by molar-refractivity contribution is -0.386. The number of ether oxygens (including phenoxy) is 1. The van der Waals surface area contributed by atoms with Crippen LogP contribution in [0.5, 0.6) is 5.75 Å². The summed E-state index contributed by atoms with van der Waals surface area (Å²) < 4.78 is 5.18. The summed E-state index contributed by atoms with van der Waals surface area (Å²) in [7, 11) is 0. The Morgan fingerprint density at radius 2 is 1.89 bits per heavy atom. The van der Waals surface area contributed by atoms with E-state index in [0.717, 1.165) is 12.1 Å². The van der Waals surface area contributed by atoms with E-state index in [1.165, 1.54) is 0 Å². The van der Waals surface area contributed by atoms with E-state index < -0.39 is 22.7 Å². The molecule has 0 aromatic heterocycles. The van der Waals surface area contributed by atoms with Crippen LogP contribution in [-0.2, 0) is 4.79 Å². The predicted octanol–water partition coefficient (Wildman–Crippen LogP) is 3.39. The molecule has 1 unspecified atom stereocenters. The van der Waals surface area contributed by atoms with Crippen LogP contribution in [0.1, 0.15) is 13.8 Å². The maximum Gasteiger partial charge on any atom is 0.345 e. The Morgan fingerprint density at radius 3 is 2.32 bits per heavy atom. The minimum Gasteiger partial charge on any atom is -0.478 e. The average Bonchev–Trinajstić information content (AvgIpc) is 2.28. The summed E-state index contributed by atoms with van der Waals surface area (Å²) in [6, 6.07) is 2.17. The van der Waals surface area contributed by atoms with Gasteiger partial charge in [0.1, 0.15) is 0 Å². The van der Waals surface area contributed by atoms with E-state index >= 15 is 0 Å². The van der Waals surface area contributed by atoms with Crippen LogP contribution in [0.3, 0.4) is 0 Å². The van der Waals surface area contributed by atoms with Crippen molar-refractivity contribution in [1.29, 1.82) is 0 Å². The number of nitro groups is 1. The van der Waals surface area contributed by atoms with Gasteiger partial charge >= 0.3 is 11.7 Å². The molecule has 0 saturated carbocycles. The third-order valence-corrected chi connectivity index (χ3v) is 3.02. The number of nitrogens with zero attached hydrogens (tertiary/aromatic N) is 1. The lowest BCUT2D eigenvalue weighted by atomic mass is 10.1. The van der Waals surface area contributed by atoms with Gasteiger partial charge in [0, 0.05) is 18.1 Å². The smallest absolute Gasteiger partial charge is 0.345 e. The normalized spacial score (nSPS) is 12.3. The Bertz CT molecular complexity index is 518. The second-order valence-electron chi connectivity index (χ2n) is 4.11. The molecule has 1 aromatic carbocycles. The van der Waals surface area contributed by atoms with E-state index in [4.69, 9.17) is 33.0 Å². The molecule has 1 rings (SSSR count). The molecule has 0 aliphatic heterocycles. The van der Waals surface area contributed by atoms with Crippen molar-refractivity contribution in [2.24, 2.45) is 5.92 Å². The summed E-state index contributed by atoms with van der Waals surface area (Å²) in [5.41, 5.74) is -0.429. The first-order valence-electron chi connectivity index (χ1n) is 5.27. The molecule has 0 heterocycles. The van der Waals surface area contributed by atoms with Crippen molar-refractivity contribution in [1.82, 2.24) is 0 Å². The Hall–Kier alpha value is -1.53. The number of aliphatic carboxylic acids is 1. The van der Waals surface area contributed by atoms with Crippen LogP contribution in [0, 0.1) is 16.0 Å². The zero-order valence-electron chi connectivity index (χ0n) is 10.1. The highest BCUT2D eigenvalue weighted by Crippen LogP contribution is 2.36. The number of carbonyl (C=O) groups is 1. The van der Waals surface area contributed by atoms with E-state index in [1.807, 2.05) is 0 Å². The standard InChI is InChI=1S/C11H11Cl2NO5/c1-5(2)10(11(15)16)19-9-4-7(13)6(12)3-8(9)14(17)18/h3-5,10H,1-2H3,(H,15,16). The van der Waals surface area contributed by atoms with Crippen LogP contribution in [-0.4, -0.2) is 22.1 Å². The fourth-order valence-electron chi connectivity index (χ4n) is 1.36. The molecule has 1 atom stereocenters. The molecule has 0 spiro atoms. The third kappa shape index (κ3) is 3.71. The van der Waals surface area contributed by atoms with E-state index in [-0.39, 0.29) is 21.7 Å². The summed E-state index contributed by atoms with van der Waals surface area (Å²) in [4.78, 5) is 21.2. The maximum absolute atomic E-state index is 11.0. The van der Waals surface area contributed by atoms with Crippen LogP contribution < -0.4 is 4.74 Å². The summed E-state index contributed by atoms with van der Waals surface area (Å²) >= 11 is 11.4. The molecule has 19 heavy (non-hydrogen) atoms. The van der Waals surface area contributed by atoms with E-state index in [9.17, 15) is 14.9 Å². The number of rotatable bonds is 5. The van der Waals surface area contributed by atoms with Gasteiger partial charge in [-0.15, -0.1) is 0 Å². The van der Waals surface area contributed by atoms with Crippen LogP contribution in [0.15, 0.2) is 12.1 Å². The highest BCUT2D eigenvalue weighted by atomic mass is 35.5. The molecule has 0 amide bonds. The van der Waals surface area contributed by atoms with Crippen molar-refractivity contribution in [3.63, 3.8) is 0 Å². The average molecular weight is 308 g/mol. The van der Waals surface area contributed by atoms with Crippen LogP contribution in [0.2, 0.25) is 10.0 Å². The van der Waals surface area contributed by atoms with E-state index in [0.29, 0.717) is 0 Å². The zero-order chi connectivity index (χ0) is 14.7. The quantitative estimate of drug-likeness (QED) is 0.665. The van der Waals surface area contributed by atoms with Crippen molar-refractivity contribution >= 4 is 34.9 Å². The SMILES string of the molecule is CC(C)C(Oc1cc(Cl)c(Cl)cc1[N+](=O)[O-])C(=O)O. The summed E-state index contributed by atoms with van der Waals surface area (Å²) in [6.07, 6.45) is -1.21. The summed E-state index contributed by atoms with van der Waals surface area (Å²) in [5, 5.41) is 19.9. The van der Waals surface area contributed by atoms with Gasteiger partial charge in [0.05, 0.1) is 15.0 Å². The molecule has 8 heteroatoms. The first kappa shape index (κ1) is 15.5. The molecule has 0 fully saturated rings. The van der Waals surface area contributed by atoms with E-state index in [1.54, 1.807) is 13.8 Å². The zero-order valence-corrected chi connectivity index (χ0v) is 11.6. The highest BCUT2D eigenvalue weighted by molar-refractivity contribution is 6.42. The second kappa shape index (κ2) is 6.08. The fraction of sp³-hybridized carbons (Fsp3) is 0.364. The molecule has 0 aliphatic rings. The molecule has 6 nitrogen and oxygen atoms in total. The van der Waals surface area contributed by atoms with Crippen molar-refractivity contribution in [3.8, 4) is 5.75 Å². The van der Waals surface area contributed by atoms with Gasteiger partial charge in [0.25, 0.3) is 0 Å². The number of carboxylic acid groups (broad SMARTS) is 1. The fourth-order valence-corrected chi connectivity index (χ4v) is 1.68. The maximum atomic E-state index is 11.0. The Balaban J connectivity index is 3.22. The molecule has 104 valence electrons. The highest BCUT2D eigenvalue weighted by Gasteiger charge is 2.28. The second-order valence-corrected chi connectivity index (χ2v) is 4.93. The first-order valence-corrected chi connectivity index (χ1v) is 6.02. The molecule has 0 aliphatic carbocycles. The molecule has 0 bridgehead atoms. The van der Waals surface area contributed by atoms with Crippen molar-refractivity contribution < 1.29 is 19.6 Å². The molecule has 1 N–H and O–H groups in total. The van der Waals surface area contributed by atoms with Crippen LogP contribution in [0.4, 0.5) is 5.69 Å². The molecule has 0 saturated heterocycles. The molecule has 0 radical (unpaired) electrons. The number of hydrogen-bond donors (Lipinski definition) is 1. The third-order valence-electron chi connectivity index (χ3n) is 2.30. The minimum absolute atomic E-state index is 0.00265. The first-order chi connectivity index (χ1) is 8.73. The molecular weight excluding hydrogens is 297 g/mol. The van der Waals surface area contributed by atoms with Gasteiger partial charge in [0.2, 0.25) is 0 Å². The Labute approximate surface area is 119 Å². The van der Waals surface area contributed by atoms with Crippen molar-refractivity contribution in [3.05, 3.63) is 32.3 Å². The monoisotopic (exact) mass is 307 g/mol. The van der Waals surface area contributed by atoms with Gasteiger partial charge in [-0.05, 0) is 0 Å². The number of carboxylic acids is 1. The van der Waals surface area contributed by atoms with Gasteiger partial charge in [-0.25, -0.2) is 4.79 Å². The Kier molecular flexibility index (Phi) is 4.97. The number of hydrogen-bond acceptors (Lipinski definition) is 4. The molecular formula is C11H11Cl2NO5. The van der Waals surface area contributed by atoms with Gasteiger partial charge in [-0.1, -0.05) is 37.0 Å². The summed E-state index contributed by atoms with van der Waals surface area (Å²) in [5.74, 6) is -1.80. The van der Waals surface area contributed by atoms with Crippen molar-refractivity contribution in [2.45, 2.75) is 20.0 Å². The lowest BCUT2D eigenvalue weighted by Gasteiger charge is -2.18. The van der Waals surface area contributed by atoms with Crippen LogP contribution >= 0.6 is 23.2 Å². The minimum atomic E-state index is -1.21. The van der Waals surface area contributed by atoms with Gasteiger partial charge < -0.3 is 9.84 Å². The van der Waals surface area contributed by atoms with Crippen molar-refractivity contribution in [2.75, 3.05) is 0 Å². The number of benzene rings is 1.